The van der Waals surface area contributed by atoms with Gasteiger partial charge in [0.1, 0.15) is 0 Å². The maximum absolute atomic E-state index is 12.4. The van der Waals surface area contributed by atoms with Crippen LogP contribution in [0.4, 0.5) is 5.95 Å². The van der Waals surface area contributed by atoms with Crippen LogP contribution in [0.5, 0.6) is 0 Å². The van der Waals surface area contributed by atoms with Gasteiger partial charge in [0.15, 0.2) is 5.65 Å². The number of aromatic nitrogens is 4. The first-order valence-electron chi connectivity index (χ1n) is 15.0. The van der Waals surface area contributed by atoms with Crippen molar-refractivity contribution in [3.8, 4) is 0 Å². The van der Waals surface area contributed by atoms with Gasteiger partial charge in [-0.2, -0.15) is 4.98 Å². The first-order valence-corrected chi connectivity index (χ1v) is 15.0. The van der Waals surface area contributed by atoms with Crippen molar-refractivity contribution in [3.63, 3.8) is 0 Å². The summed E-state index contributed by atoms with van der Waals surface area (Å²) < 4.78 is 1.60. The van der Waals surface area contributed by atoms with E-state index in [2.05, 4.69) is 62.9 Å². The van der Waals surface area contributed by atoms with Gasteiger partial charge in [-0.1, -0.05) is 43.7 Å². The Kier molecular flexibility index (Phi) is 7.40. The van der Waals surface area contributed by atoms with Gasteiger partial charge in [-0.25, -0.2) is 14.8 Å². The number of rotatable bonds is 9. The molecule has 1 spiro atoms. The quantitative estimate of drug-likeness (QED) is 0.376. The molecule has 2 saturated heterocycles. The summed E-state index contributed by atoms with van der Waals surface area (Å²) in [7, 11) is 0. The van der Waals surface area contributed by atoms with E-state index in [0.29, 0.717) is 23.1 Å². The van der Waals surface area contributed by atoms with Crippen molar-refractivity contribution in [2.24, 2.45) is 11.3 Å². The van der Waals surface area contributed by atoms with E-state index in [1.165, 1.54) is 37.1 Å². The van der Waals surface area contributed by atoms with Gasteiger partial charge >= 0.3 is 5.69 Å². The fourth-order valence-corrected chi connectivity index (χ4v) is 6.60. The molecule has 3 aliphatic rings. The summed E-state index contributed by atoms with van der Waals surface area (Å²) in [6, 6.07) is 9.41. The van der Waals surface area contributed by atoms with Gasteiger partial charge in [0.05, 0.1) is 11.4 Å². The van der Waals surface area contributed by atoms with E-state index in [0.717, 1.165) is 55.9 Å². The van der Waals surface area contributed by atoms with E-state index >= 15 is 0 Å². The Balaban J connectivity index is 1.13. The zero-order valence-corrected chi connectivity index (χ0v) is 24.4. The van der Waals surface area contributed by atoms with Crippen LogP contribution in [-0.2, 0) is 4.79 Å². The van der Waals surface area contributed by atoms with Gasteiger partial charge in [-0.15, -0.1) is 0 Å². The van der Waals surface area contributed by atoms with Crippen molar-refractivity contribution in [2.75, 3.05) is 31.5 Å². The molecule has 0 bridgehead atoms. The number of carbonyl (C=O) groups is 1. The Labute approximate surface area is 241 Å². The highest BCUT2D eigenvalue weighted by Crippen LogP contribution is 2.45. The van der Waals surface area contributed by atoms with Crippen LogP contribution in [0.25, 0.3) is 11.0 Å². The molecule has 1 N–H and O–H groups in total. The average molecular weight is 556 g/mol. The van der Waals surface area contributed by atoms with Crippen LogP contribution < -0.4 is 11.0 Å². The van der Waals surface area contributed by atoms with Crippen LogP contribution in [0.15, 0.2) is 54.1 Å². The fraction of sp³-hybridized carbons (Fsp3) is 0.531. The third-order valence-electron chi connectivity index (χ3n) is 9.32. The molecule has 1 amide bonds. The van der Waals surface area contributed by atoms with Gasteiger partial charge in [-0.3, -0.25) is 14.3 Å². The van der Waals surface area contributed by atoms with E-state index < -0.39 is 0 Å². The summed E-state index contributed by atoms with van der Waals surface area (Å²) in [4.78, 5) is 42.0. The second-order valence-electron chi connectivity index (χ2n) is 12.6. The standard InChI is InChI=1S/C32H41N7O2/c1-5-28(40)38-19-32(20-38)12-14-37(15-13-32)27(16-23-6-7-23)25-10-8-24(9-11-25)22(4)35-30-33-17-26-18-34-31(41)39(21(2)3)29(26)36-30/h5,8-11,17-18,21-23,27H,1,6-7,12-16,19-20H2,2-4H3,(H,33,35,36)/t22-,27?/m0/s1. The lowest BCUT2D eigenvalue weighted by atomic mass is 9.71. The minimum atomic E-state index is -0.303. The summed E-state index contributed by atoms with van der Waals surface area (Å²) >= 11 is 0. The van der Waals surface area contributed by atoms with Gasteiger partial charge in [0.2, 0.25) is 11.9 Å². The van der Waals surface area contributed by atoms with Gasteiger partial charge in [0.25, 0.3) is 0 Å². The Morgan fingerprint density at radius 1 is 1.07 bits per heavy atom. The van der Waals surface area contributed by atoms with Crippen molar-refractivity contribution < 1.29 is 4.79 Å². The second-order valence-corrected chi connectivity index (χ2v) is 12.6. The summed E-state index contributed by atoms with van der Waals surface area (Å²) in [5.74, 6) is 1.39. The Morgan fingerprint density at radius 2 is 1.73 bits per heavy atom. The molecule has 1 aromatic carbocycles. The van der Waals surface area contributed by atoms with Crippen molar-refractivity contribution >= 4 is 22.9 Å². The Hall–Kier alpha value is -3.59. The van der Waals surface area contributed by atoms with Crippen molar-refractivity contribution in [1.29, 1.82) is 0 Å². The lowest BCUT2D eigenvalue weighted by Crippen LogP contribution is -2.61. The van der Waals surface area contributed by atoms with Crippen LogP contribution in [0.3, 0.4) is 0 Å². The fourth-order valence-electron chi connectivity index (χ4n) is 6.60. The number of benzene rings is 1. The lowest BCUT2D eigenvalue weighted by Gasteiger charge is -2.54. The number of hydrogen-bond acceptors (Lipinski definition) is 7. The molecule has 41 heavy (non-hydrogen) atoms. The topological polar surface area (TPSA) is 96.3 Å². The van der Waals surface area contributed by atoms with Crippen LogP contribution in [0.2, 0.25) is 0 Å². The van der Waals surface area contributed by atoms with Gasteiger partial charge in [0, 0.05) is 43.0 Å². The number of carbonyl (C=O) groups excluding carboxylic acids is 1. The first-order chi connectivity index (χ1) is 19.7. The Morgan fingerprint density at radius 3 is 2.37 bits per heavy atom. The molecule has 4 heterocycles. The van der Waals surface area contributed by atoms with Crippen molar-refractivity contribution in [1.82, 2.24) is 29.3 Å². The molecule has 9 nitrogen and oxygen atoms in total. The van der Waals surface area contributed by atoms with E-state index in [4.69, 9.17) is 0 Å². The maximum atomic E-state index is 12.4. The molecule has 1 unspecified atom stereocenters. The molecule has 9 heteroatoms. The van der Waals surface area contributed by atoms with Crippen LogP contribution in [0, 0.1) is 11.3 Å². The van der Waals surface area contributed by atoms with Crippen LogP contribution >= 0.6 is 0 Å². The summed E-state index contributed by atoms with van der Waals surface area (Å²) in [5, 5.41) is 4.17. The SMILES string of the molecule is C=CC(=O)N1CC2(CCN(C(CC3CC3)c3ccc([C@H](C)Nc4ncc5cnc(=O)n(C(C)C)c5n4)cc3)CC2)C1. The predicted molar refractivity (Wildman–Crippen MR) is 161 cm³/mol. The zero-order chi connectivity index (χ0) is 28.7. The molecule has 1 saturated carbocycles. The molecule has 2 atom stereocenters. The molecule has 216 valence electrons. The molecule has 2 aliphatic heterocycles. The number of amides is 1. The highest BCUT2D eigenvalue weighted by molar-refractivity contribution is 5.87. The lowest BCUT2D eigenvalue weighted by molar-refractivity contribution is -0.141. The van der Waals surface area contributed by atoms with Gasteiger partial charge in [-0.05, 0) is 76.2 Å². The van der Waals surface area contributed by atoms with Crippen molar-refractivity contribution in [2.45, 2.75) is 71.0 Å². The third-order valence-corrected chi connectivity index (χ3v) is 9.32. The second kappa shape index (κ2) is 11.0. The van der Waals surface area contributed by atoms with Crippen LogP contribution in [0.1, 0.15) is 82.1 Å². The van der Waals surface area contributed by atoms with E-state index in [1.54, 1.807) is 10.8 Å². The number of piperidine rings is 1. The number of hydrogen-bond donors (Lipinski definition) is 1. The zero-order valence-electron chi connectivity index (χ0n) is 24.4. The molecule has 6 rings (SSSR count). The summed E-state index contributed by atoms with van der Waals surface area (Å²) in [6.45, 7) is 13.6. The minimum absolute atomic E-state index is 0.000811. The minimum Gasteiger partial charge on any atom is -0.348 e. The molecule has 1 aliphatic carbocycles. The number of likely N-dealkylation sites (tertiary alicyclic amines) is 2. The molecular weight excluding hydrogens is 514 g/mol. The molecular formula is C32H41N7O2. The molecule has 3 fully saturated rings. The van der Waals surface area contributed by atoms with E-state index in [-0.39, 0.29) is 23.7 Å². The van der Waals surface area contributed by atoms with Crippen LogP contribution in [-0.4, -0.2) is 61.4 Å². The summed E-state index contributed by atoms with van der Waals surface area (Å²) in [6.07, 6.45) is 10.9. The monoisotopic (exact) mass is 555 g/mol. The highest BCUT2D eigenvalue weighted by Gasteiger charge is 2.47. The number of anilines is 1. The van der Waals surface area contributed by atoms with E-state index in [1.807, 2.05) is 18.7 Å². The maximum Gasteiger partial charge on any atom is 0.349 e. The third kappa shape index (κ3) is 5.64. The predicted octanol–water partition coefficient (Wildman–Crippen LogP) is 4.89. The smallest absolute Gasteiger partial charge is 0.348 e. The molecule has 0 radical (unpaired) electrons. The first kappa shape index (κ1) is 27.6. The average Bonchev–Trinajstić information content (AvgIpc) is 3.78. The Bertz CT molecular complexity index is 1480. The largest absolute Gasteiger partial charge is 0.349 e. The highest BCUT2D eigenvalue weighted by atomic mass is 16.2. The van der Waals surface area contributed by atoms with E-state index in [9.17, 15) is 9.59 Å². The number of fused-ring (bicyclic) bond motifs is 1. The number of nitrogens with zero attached hydrogens (tertiary/aromatic N) is 6. The normalized spacial score (nSPS) is 20.1. The molecule has 3 aromatic rings. The number of nitrogens with one attached hydrogen (secondary N) is 1. The van der Waals surface area contributed by atoms with Gasteiger partial charge < -0.3 is 10.2 Å². The summed E-state index contributed by atoms with van der Waals surface area (Å²) in [5.41, 5.74) is 3.14. The van der Waals surface area contributed by atoms with Crippen molar-refractivity contribution in [3.05, 3.63) is 70.9 Å². The molecule has 2 aromatic heterocycles.